The summed E-state index contributed by atoms with van der Waals surface area (Å²) in [6.45, 7) is 0.983. The summed E-state index contributed by atoms with van der Waals surface area (Å²) < 4.78 is 55.1. The van der Waals surface area contributed by atoms with Gasteiger partial charge in [-0.15, -0.1) is 0 Å². The lowest BCUT2D eigenvalue weighted by Crippen LogP contribution is -2.12. The number of hydrogen-bond acceptors (Lipinski definition) is 2. The average molecular weight is 251 g/mol. The Hall–Kier alpha value is -1.30. The van der Waals surface area contributed by atoms with Gasteiger partial charge in [0.2, 0.25) is 0 Å². The van der Waals surface area contributed by atoms with Crippen molar-refractivity contribution in [1.82, 2.24) is 5.32 Å². The van der Waals surface area contributed by atoms with E-state index < -0.39 is 17.6 Å². The van der Waals surface area contributed by atoms with Crippen molar-refractivity contribution in [3.05, 3.63) is 29.6 Å². The van der Waals surface area contributed by atoms with Crippen LogP contribution in [0.5, 0.6) is 5.75 Å². The van der Waals surface area contributed by atoms with E-state index in [1.807, 2.05) is 0 Å². The monoisotopic (exact) mass is 251 g/mol. The fourth-order valence-corrected chi connectivity index (χ4v) is 1.25. The molecule has 0 saturated heterocycles. The topological polar surface area (TPSA) is 21.3 Å². The van der Waals surface area contributed by atoms with Gasteiger partial charge < -0.3 is 10.1 Å². The molecule has 2 nitrogen and oxygen atoms in total. The summed E-state index contributed by atoms with van der Waals surface area (Å²) in [6.07, 6.45) is -4.04. The number of nitrogens with one attached hydrogen (secondary N) is 1. The summed E-state index contributed by atoms with van der Waals surface area (Å²) in [5.41, 5.74) is -1.30. The molecule has 0 aliphatic heterocycles. The van der Waals surface area contributed by atoms with Gasteiger partial charge in [0.25, 0.3) is 0 Å². The lowest BCUT2D eigenvalue weighted by molar-refractivity contribution is -0.140. The van der Waals surface area contributed by atoms with Crippen LogP contribution in [0.2, 0.25) is 0 Å². The molecular weight excluding hydrogens is 238 g/mol. The van der Waals surface area contributed by atoms with E-state index in [1.165, 1.54) is 6.07 Å². The molecule has 0 atom stereocenters. The van der Waals surface area contributed by atoms with Gasteiger partial charge in [-0.1, -0.05) is 0 Å². The highest BCUT2D eigenvalue weighted by atomic mass is 19.4. The summed E-state index contributed by atoms with van der Waals surface area (Å²) in [5.74, 6) is -1.27. The zero-order chi connectivity index (χ0) is 12.9. The normalized spacial score (nSPS) is 11.6. The minimum absolute atomic E-state index is 0.0230. The Kier molecular flexibility index (Phi) is 4.74. The Bertz CT molecular complexity index is 365. The van der Waals surface area contributed by atoms with E-state index in [0.717, 1.165) is 6.07 Å². The second-order valence-corrected chi connectivity index (χ2v) is 3.44. The first-order valence-electron chi connectivity index (χ1n) is 5.09. The lowest BCUT2D eigenvalue weighted by atomic mass is 10.2. The molecule has 17 heavy (non-hydrogen) atoms. The van der Waals surface area contributed by atoms with Gasteiger partial charge in [-0.25, -0.2) is 4.39 Å². The number of alkyl halides is 3. The fraction of sp³-hybridized carbons (Fsp3) is 0.455. The number of halogens is 4. The van der Waals surface area contributed by atoms with Crippen molar-refractivity contribution in [3.8, 4) is 5.75 Å². The highest BCUT2D eigenvalue weighted by molar-refractivity contribution is 5.31. The van der Waals surface area contributed by atoms with Crippen LogP contribution in [-0.4, -0.2) is 20.2 Å². The molecule has 0 amide bonds. The number of rotatable bonds is 5. The molecule has 0 heterocycles. The third-order valence-corrected chi connectivity index (χ3v) is 2.08. The van der Waals surface area contributed by atoms with Crippen molar-refractivity contribution < 1.29 is 22.3 Å². The minimum atomic E-state index is -4.70. The van der Waals surface area contributed by atoms with Gasteiger partial charge in [-0.3, -0.25) is 0 Å². The largest absolute Gasteiger partial charge is 0.494 e. The third kappa shape index (κ3) is 4.22. The van der Waals surface area contributed by atoms with E-state index in [4.69, 9.17) is 4.74 Å². The van der Waals surface area contributed by atoms with Crippen LogP contribution in [0.25, 0.3) is 0 Å². The number of ether oxygens (including phenoxy) is 1. The summed E-state index contributed by atoms with van der Waals surface area (Å²) in [5, 5.41) is 2.88. The predicted molar refractivity (Wildman–Crippen MR) is 55.4 cm³/mol. The summed E-state index contributed by atoms with van der Waals surface area (Å²) in [6, 6.07) is 2.62. The standard InChI is InChI=1S/C11H13F4NO/c1-16-5-2-6-17-8-3-4-10(12)9(7-8)11(13,14)15/h3-4,7,16H,2,5-6H2,1H3. The Balaban J connectivity index is 2.69. The molecule has 0 bridgehead atoms. The van der Waals surface area contributed by atoms with Gasteiger partial charge in [-0.05, 0) is 38.2 Å². The van der Waals surface area contributed by atoms with Crippen molar-refractivity contribution >= 4 is 0 Å². The molecular formula is C11H13F4NO. The molecule has 1 N–H and O–H groups in total. The smallest absolute Gasteiger partial charge is 0.419 e. The van der Waals surface area contributed by atoms with Gasteiger partial charge in [0.1, 0.15) is 11.6 Å². The lowest BCUT2D eigenvalue weighted by Gasteiger charge is -2.11. The molecule has 0 radical (unpaired) electrons. The van der Waals surface area contributed by atoms with Crippen molar-refractivity contribution in [2.75, 3.05) is 20.2 Å². The van der Waals surface area contributed by atoms with Crippen molar-refractivity contribution in [2.24, 2.45) is 0 Å². The van der Waals surface area contributed by atoms with Crippen LogP contribution in [0.15, 0.2) is 18.2 Å². The van der Waals surface area contributed by atoms with E-state index in [2.05, 4.69) is 5.32 Å². The predicted octanol–water partition coefficient (Wildman–Crippen LogP) is 2.83. The van der Waals surface area contributed by atoms with E-state index >= 15 is 0 Å². The Morgan fingerprint density at radius 1 is 1.29 bits per heavy atom. The number of benzene rings is 1. The minimum Gasteiger partial charge on any atom is -0.494 e. The first-order chi connectivity index (χ1) is 7.95. The average Bonchev–Trinajstić information content (AvgIpc) is 2.25. The van der Waals surface area contributed by atoms with Crippen LogP contribution in [0.3, 0.4) is 0 Å². The fourth-order valence-electron chi connectivity index (χ4n) is 1.25. The Morgan fingerprint density at radius 2 is 2.00 bits per heavy atom. The molecule has 1 aromatic rings. The molecule has 0 aliphatic carbocycles. The first kappa shape index (κ1) is 13.8. The molecule has 96 valence electrons. The second kappa shape index (κ2) is 5.86. The molecule has 0 saturated carbocycles. The highest BCUT2D eigenvalue weighted by Crippen LogP contribution is 2.33. The van der Waals surface area contributed by atoms with Crippen LogP contribution in [0.4, 0.5) is 17.6 Å². The summed E-state index contributed by atoms with van der Waals surface area (Å²) in [4.78, 5) is 0. The van der Waals surface area contributed by atoms with Gasteiger partial charge in [0.15, 0.2) is 0 Å². The van der Waals surface area contributed by atoms with Crippen LogP contribution in [0, 0.1) is 5.82 Å². The maximum Gasteiger partial charge on any atom is 0.419 e. The molecule has 1 rings (SSSR count). The van der Waals surface area contributed by atoms with Crippen molar-refractivity contribution in [1.29, 1.82) is 0 Å². The van der Waals surface area contributed by atoms with Crippen LogP contribution >= 0.6 is 0 Å². The molecule has 6 heteroatoms. The van der Waals surface area contributed by atoms with Gasteiger partial charge in [0.05, 0.1) is 12.2 Å². The molecule has 0 aliphatic rings. The van der Waals surface area contributed by atoms with E-state index in [-0.39, 0.29) is 12.4 Å². The van der Waals surface area contributed by atoms with Gasteiger partial charge >= 0.3 is 6.18 Å². The van der Waals surface area contributed by atoms with Crippen LogP contribution < -0.4 is 10.1 Å². The van der Waals surface area contributed by atoms with E-state index in [9.17, 15) is 17.6 Å². The Labute approximate surface area is 96.6 Å². The van der Waals surface area contributed by atoms with Crippen LogP contribution in [0.1, 0.15) is 12.0 Å². The quantitative estimate of drug-likeness (QED) is 0.641. The second-order valence-electron chi connectivity index (χ2n) is 3.44. The van der Waals surface area contributed by atoms with Crippen molar-refractivity contribution in [3.63, 3.8) is 0 Å². The maximum atomic E-state index is 12.9. The first-order valence-corrected chi connectivity index (χ1v) is 5.09. The molecule has 0 unspecified atom stereocenters. The summed E-state index contributed by atoms with van der Waals surface area (Å²) >= 11 is 0. The maximum absolute atomic E-state index is 12.9. The van der Waals surface area contributed by atoms with E-state index in [0.29, 0.717) is 19.0 Å². The molecule has 0 spiro atoms. The molecule has 1 aromatic carbocycles. The summed E-state index contributed by atoms with van der Waals surface area (Å²) in [7, 11) is 1.76. The molecule has 0 fully saturated rings. The SMILES string of the molecule is CNCCCOc1ccc(F)c(C(F)(F)F)c1. The third-order valence-electron chi connectivity index (χ3n) is 2.08. The van der Waals surface area contributed by atoms with Crippen LogP contribution in [-0.2, 0) is 6.18 Å². The highest BCUT2D eigenvalue weighted by Gasteiger charge is 2.34. The Morgan fingerprint density at radius 3 is 2.59 bits per heavy atom. The number of hydrogen-bond donors (Lipinski definition) is 1. The van der Waals surface area contributed by atoms with Crippen molar-refractivity contribution in [2.45, 2.75) is 12.6 Å². The van der Waals surface area contributed by atoms with E-state index in [1.54, 1.807) is 7.05 Å². The zero-order valence-corrected chi connectivity index (χ0v) is 9.27. The molecule has 0 aromatic heterocycles. The van der Waals surface area contributed by atoms with Gasteiger partial charge in [0, 0.05) is 0 Å². The zero-order valence-electron chi connectivity index (χ0n) is 9.27. The van der Waals surface area contributed by atoms with Gasteiger partial charge in [-0.2, -0.15) is 13.2 Å².